The Kier molecular flexibility index (Phi) is 5.10. The number of anilines is 1. The second kappa shape index (κ2) is 6.82. The minimum absolute atomic E-state index is 0.504. The molecule has 2 rings (SSSR count). The number of rotatable bonds is 5. The Labute approximate surface area is 128 Å². The molecule has 1 aromatic heterocycles. The number of halogens is 2. The molecule has 20 heavy (non-hydrogen) atoms. The third-order valence-corrected chi connectivity index (χ3v) is 3.34. The molecule has 0 bridgehead atoms. The smallest absolute Gasteiger partial charge is 0.145 e. The molecule has 0 aliphatic carbocycles. The Balaban J connectivity index is 2.31. The van der Waals surface area contributed by atoms with E-state index in [2.05, 4.69) is 17.2 Å². The Bertz CT molecular complexity index is 585. The summed E-state index contributed by atoms with van der Waals surface area (Å²) < 4.78 is 5.55. The van der Waals surface area contributed by atoms with Gasteiger partial charge in [-0.3, -0.25) is 0 Å². The van der Waals surface area contributed by atoms with Gasteiger partial charge in [-0.15, -0.1) is 0 Å². The van der Waals surface area contributed by atoms with Crippen LogP contribution in [0.1, 0.15) is 13.3 Å². The van der Waals surface area contributed by atoms with Crippen LogP contribution in [0.4, 0.5) is 5.82 Å². The van der Waals surface area contributed by atoms with Crippen molar-refractivity contribution in [3.8, 4) is 17.0 Å². The summed E-state index contributed by atoms with van der Waals surface area (Å²) in [6, 6.07) is 9.39. The molecular formula is C15H16Cl2N2O. The summed E-state index contributed by atoms with van der Waals surface area (Å²) in [5.41, 5.74) is 1.62. The maximum atomic E-state index is 6.21. The van der Waals surface area contributed by atoms with Crippen molar-refractivity contribution >= 4 is 29.0 Å². The highest BCUT2D eigenvalue weighted by atomic mass is 35.5. The minimum Gasteiger partial charge on any atom is -0.494 e. The third-order valence-electron chi connectivity index (χ3n) is 2.77. The lowest BCUT2D eigenvalue weighted by Crippen LogP contribution is -1.97. The zero-order valence-electron chi connectivity index (χ0n) is 11.4. The monoisotopic (exact) mass is 310 g/mol. The van der Waals surface area contributed by atoms with Crippen molar-refractivity contribution in [3.05, 3.63) is 40.4 Å². The molecular weight excluding hydrogens is 295 g/mol. The van der Waals surface area contributed by atoms with Crippen LogP contribution in [0, 0.1) is 0 Å². The van der Waals surface area contributed by atoms with Crippen molar-refractivity contribution in [2.45, 2.75) is 13.3 Å². The van der Waals surface area contributed by atoms with Crippen LogP contribution in [-0.2, 0) is 0 Å². The van der Waals surface area contributed by atoms with Crippen LogP contribution >= 0.6 is 23.2 Å². The maximum Gasteiger partial charge on any atom is 0.145 e. The molecule has 0 atom stereocenters. The van der Waals surface area contributed by atoms with Crippen LogP contribution in [0.5, 0.6) is 5.75 Å². The summed E-state index contributed by atoms with van der Waals surface area (Å²) >= 11 is 12.3. The van der Waals surface area contributed by atoms with Gasteiger partial charge in [-0.25, -0.2) is 4.98 Å². The van der Waals surface area contributed by atoms with Crippen molar-refractivity contribution in [2.75, 3.05) is 19.0 Å². The van der Waals surface area contributed by atoms with E-state index in [1.165, 1.54) is 0 Å². The fourth-order valence-electron chi connectivity index (χ4n) is 1.77. The first kappa shape index (κ1) is 14.9. The molecule has 0 saturated carbocycles. The van der Waals surface area contributed by atoms with E-state index in [1.54, 1.807) is 13.1 Å². The molecule has 0 spiro atoms. The molecule has 1 heterocycles. The average molecular weight is 311 g/mol. The Hall–Kier alpha value is -1.45. The fraction of sp³-hybridized carbons (Fsp3) is 0.267. The summed E-state index contributed by atoms with van der Waals surface area (Å²) in [5, 5.41) is 3.97. The van der Waals surface area contributed by atoms with Crippen molar-refractivity contribution in [1.29, 1.82) is 0 Å². The van der Waals surface area contributed by atoms with E-state index < -0.39 is 0 Å². The number of nitrogens with zero attached hydrogens (tertiary/aromatic N) is 1. The molecule has 0 unspecified atom stereocenters. The van der Waals surface area contributed by atoms with Gasteiger partial charge in [0.25, 0.3) is 0 Å². The van der Waals surface area contributed by atoms with Crippen LogP contribution in [-0.4, -0.2) is 18.6 Å². The molecule has 1 aromatic carbocycles. The second-order valence-corrected chi connectivity index (χ2v) is 5.09. The van der Waals surface area contributed by atoms with Crippen LogP contribution in [0.15, 0.2) is 30.3 Å². The van der Waals surface area contributed by atoms with Gasteiger partial charge in [-0.05, 0) is 36.8 Å². The summed E-state index contributed by atoms with van der Waals surface area (Å²) in [7, 11) is 1.77. The topological polar surface area (TPSA) is 34.1 Å². The summed E-state index contributed by atoms with van der Waals surface area (Å²) in [6.45, 7) is 2.79. The highest BCUT2D eigenvalue weighted by Crippen LogP contribution is 2.32. The summed E-state index contributed by atoms with van der Waals surface area (Å²) in [6.07, 6.45) is 0.984. The van der Waals surface area contributed by atoms with Gasteiger partial charge in [0, 0.05) is 12.6 Å². The molecule has 0 amide bonds. The fourth-order valence-corrected chi connectivity index (χ4v) is 2.34. The van der Waals surface area contributed by atoms with E-state index in [-0.39, 0.29) is 0 Å². The highest BCUT2D eigenvalue weighted by molar-refractivity contribution is 6.37. The molecule has 1 N–H and O–H groups in total. The van der Waals surface area contributed by atoms with Gasteiger partial charge in [-0.2, -0.15) is 0 Å². The van der Waals surface area contributed by atoms with Crippen molar-refractivity contribution in [2.24, 2.45) is 0 Å². The van der Waals surface area contributed by atoms with Gasteiger partial charge < -0.3 is 10.1 Å². The maximum absolute atomic E-state index is 6.21. The van der Waals surface area contributed by atoms with Crippen LogP contribution < -0.4 is 10.1 Å². The third kappa shape index (κ3) is 3.35. The zero-order chi connectivity index (χ0) is 14.5. The lowest BCUT2D eigenvalue weighted by Gasteiger charge is -2.10. The molecule has 3 nitrogen and oxygen atoms in total. The average Bonchev–Trinajstić information content (AvgIpc) is 2.46. The quantitative estimate of drug-likeness (QED) is 0.854. The molecule has 2 aromatic rings. The standard InChI is InChI=1S/C15H16Cl2N2O/c1-3-8-20-11-6-4-10(5-7-11)14-12(16)9-13(17)15(18-2)19-14/h4-7,9H,3,8H2,1-2H3,(H,18,19). The van der Waals surface area contributed by atoms with Crippen LogP contribution in [0.3, 0.4) is 0 Å². The van der Waals surface area contributed by atoms with Crippen LogP contribution in [0.2, 0.25) is 10.0 Å². The first-order valence-corrected chi connectivity index (χ1v) is 7.18. The van der Waals surface area contributed by atoms with E-state index in [4.69, 9.17) is 27.9 Å². The predicted octanol–water partition coefficient (Wildman–Crippen LogP) is 4.89. The summed E-state index contributed by atoms with van der Waals surface area (Å²) in [5.74, 6) is 1.45. The lowest BCUT2D eigenvalue weighted by atomic mass is 10.1. The van der Waals surface area contributed by atoms with E-state index in [0.717, 1.165) is 17.7 Å². The molecule has 0 saturated heterocycles. The Morgan fingerprint density at radius 2 is 1.85 bits per heavy atom. The van der Waals surface area contributed by atoms with Gasteiger partial charge in [0.15, 0.2) is 0 Å². The molecule has 0 aliphatic heterocycles. The first-order chi connectivity index (χ1) is 9.65. The molecule has 0 radical (unpaired) electrons. The van der Waals surface area contributed by atoms with Crippen LogP contribution in [0.25, 0.3) is 11.3 Å². The van der Waals surface area contributed by atoms with Gasteiger partial charge >= 0.3 is 0 Å². The SMILES string of the molecule is CCCOc1ccc(-c2nc(NC)c(Cl)cc2Cl)cc1. The number of nitrogens with one attached hydrogen (secondary N) is 1. The second-order valence-electron chi connectivity index (χ2n) is 4.27. The number of benzene rings is 1. The molecule has 106 valence electrons. The predicted molar refractivity (Wildman–Crippen MR) is 85.0 cm³/mol. The number of pyridine rings is 1. The zero-order valence-corrected chi connectivity index (χ0v) is 12.9. The van der Waals surface area contributed by atoms with Gasteiger partial charge in [0.1, 0.15) is 11.6 Å². The number of aromatic nitrogens is 1. The molecule has 0 fully saturated rings. The Morgan fingerprint density at radius 1 is 1.15 bits per heavy atom. The Morgan fingerprint density at radius 3 is 2.45 bits per heavy atom. The number of hydrogen-bond donors (Lipinski definition) is 1. The first-order valence-electron chi connectivity index (χ1n) is 6.42. The normalized spacial score (nSPS) is 10.4. The lowest BCUT2D eigenvalue weighted by molar-refractivity contribution is 0.317. The van der Waals surface area contributed by atoms with Gasteiger partial charge in [0.05, 0.1) is 22.3 Å². The summed E-state index contributed by atoms with van der Waals surface area (Å²) in [4.78, 5) is 4.44. The highest BCUT2D eigenvalue weighted by Gasteiger charge is 2.10. The van der Waals surface area contributed by atoms with E-state index in [0.29, 0.717) is 28.2 Å². The van der Waals surface area contributed by atoms with Gasteiger partial charge in [0.2, 0.25) is 0 Å². The van der Waals surface area contributed by atoms with E-state index >= 15 is 0 Å². The van der Waals surface area contributed by atoms with E-state index in [9.17, 15) is 0 Å². The van der Waals surface area contributed by atoms with Gasteiger partial charge in [-0.1, -0.05) is 30.1 Å². The van der Waals surface area contributed by atoms with Crippen molar-refractivity contribution in [1.82, 2.24) is 4.98 Å². The molecule has 5 heteroatoms. The van der Waals surface area contributed by atoms with Crippen molar-refractivity contribution < 1.29 is 4.74 Å². The van der Waals surface area contributed by atoms with E-state index in [1.807, 2.05) is 24.3 Å². The minimum atomic E-state index is 0.504. The number of ether oxygens (including phenoxy) is 1. The number of hydrogen-bond acceptors (Lipinski definition) is 3. The van der Waals surface area contributed by atoms with Crippen molar-refractivity contribution in [3.63, 3.8) is 0 Å². The largest absolute Gasteiger partial charge is 0.494 e. The molecule has 0 aliphatic rings.